The first-order chi connectivity index (χ1) is 7.66. The number of nitrogens with zero attached hydrogens (tertiary/aromatic N) is 1. The SMILES string of the molecule is CC1CCCC1NC(=O)c1cccc(F)n1. The number of carbonyl (C=O) groups excluding carboxylic acids is 1. The Bertz CT molecular complexity index is 394. The highest BCUT2D eigenvalue weighted by molar-refractivity contribution is 5.92. The van der Waals surface area contributed by atoms with Crippen molar-refractivity contribution in [2.45, 2.75) is 32.2 Å². The van der Waals surface area contributed by atoms with E-state index in [0.29, 0.717) is 5.92 Å². The Balaban J connectivity index is 2.03. The summed E-state index contributed by atoms with van der Waals surface area (Å²) in [5.74, 6) is -0.400. The summed E-state index contributed by atoms with van der Waals surface area (Å²) < 4.78 is 12.8. The molecule has 16 heavy (non-hydrogen) atoms. The molecule has 1 amide bonds. The van der Waals surface area contributed by atoms with E-state index in [4.69, 9.17) is 0 Å². The van der Waals surface area contributed by atoms with E-state index in [0.717, 1.165) is 19.3 Å². The minimum atomic E-state index is -0.618. The van der Waals surface area contributed by atoms with E-state index in [9.17, 15) is 9.18 Å². The van der Waals surface area contributed by atoms with Gasteiger partial charge in [0.25, 0.3) is 5.91 Å². The fourth-order valence-electron chi connectivity index (χ4n) is 2.14. The van der Waals surface area contributed by atoms with Crippen LogP contribution in [0.25, 0.3) is 0 Å². The van der Waals surface area contributed by atoms with Crippen LogP contribution in [0, 0.1) is 11.9 Å². The summed E-state index contributed by atoms with van der Waals surface area (Å²) in [5.41, 5.74) is 0.152. The summed E-state index contributed by atoms with van der Waals surface area (Å²) in [6.45, 7) is 2.12. The molecule has 3 nitrogen and oxygen atoms in total. The van der Waals surface area contributed by atoms with Crippen LogP contribution < -0.4 is 5.32 Å². The van der Waals surface area contributed by atoms with E-state index in [1.165, 1.54) is 18.2 Å². The number of rotatable bonds is 2. The highest BCUT2D eigenvalue weighted by Gasteiger charge is 2.25. The van der Waals surface area contributed by atoms with Crippen molar-refractivity contribution in [3.63, 3.8) is 0 Å². The van der Waals surface area contributed by atoms with Crippen molar-refractivity contribution in [1.82, 2.24) is 10.3 Å². The van der Waals surface area contributed by atoms with E-state index >= 15 is 0 Å². The number of pyridine rings is 1. The molecule has 0 aliphatic heterocycles. The van der Waals surface area contributed by atoms with Crippen LogP contribution in [-0.2, 0) is 0 Å². The predicted molar refractivity (Wildman–Crippen MR) is 58.5 cm³/mol. The van der Waals surface area contributed by atoms with Gasteiger partial charge in [0.05, 0.1) is 0 Å². The lowest BCUT2D eigenvalue weighted by molar-refractivity contribution is 0.0923. The van der Waals surface area contributed by atoms with Gasteiger partial charge >= 0.3 is 0 Å². The van der Waals surface area contributed by atoms with Gasteiger partial charge in [0, 0.05) is 6.04 Å². The minimum absolute atomic E-state index is 0.152. The lowest BCUT2D eigenvalue weighted by Gasteiger charge is -2.16. The van der Waals surface area contributed by atoms with Gasteiger partial charge in [-0.1, -0.05) is 19.4 Å². The summed E-state index contributed by atoms with van der Waals surface area (Å²) in [4.78, 5) is 15.3. The molecule has 1 aromatic heterocycles. The molecule has 0 aromatic carbocycles. The number of carbonyl (C=O) groups is 1. The second-order valence-electron chi connectivity index (χ2n) is 4.33. The quantitative estimate of drug-likeness (QED) is 0.779. The number of amides is 1. The summed E-state index contributed by atoms with van der Waals surface area (Å²) in [5, 5.41) is 2.90. The van der Waals surface area contributed by atoms with Gasteiger partial charge in [0.2, 0.25) is 5.95 Å². The van der Waals surface area contributed by atoms with Crippen LogP contribution >= 0.6 is 0 Å². The maximum absolute atomic E-state index is 12.8. The third-order valence-electron chi connectivity index (χ3n) is 3.13. The van der Waals surface area contributed by atoms with Crippen LogP contribution in [-0.4, -0.2) is 16.9 Å². The summed E-state index contributed by atoms with van der Waals surface area (Å²) >= 11 is 0. The Kier molecular flexibility index (Phi) is 3.17. The average molecular weight is 222 g/mol. The first-order valence-electron chi connectivity index (χ1n) is 5.60. The van der Waals surface area contributed by atoms with E-state index in [1.807, 2.05) is 0 Å². The van der Waals surface area contributed by atoms with E-state index in [-0.39, 0.29) is 17.6 Å². The molecule has 0 radical (unpaired) electrons. The molecule has 0 saturated heterocycles. The Hall–Kier alpha value is -1.45. The zero-order valence-electron chi connectivity index (χ0n) is 9.24. The van der Waals surface area contributed by atoms with E-state index in [2.05, 4.69) is 17.2 Å². The number of hydrogen-bond donors (Lipinski definition) is 1. The van der Waals surface area contributed by atoms with Crippen LogP contribution in [0.1, 0.15) is 36.7 Å². The Labute approximate surface area is 94.1 Å². The van der Waals surface area contributed by atoms with Gasteiger partial charge in [-0.25, -0.2) is 4.98 Å². The van der Waals surface area contributed by atoms with Crippen LogP contribution in [0.4, 0.5) is 4.39 Å². The Morgan fingerprint density at radius 1 is 1.50 bits per heavy atom. The van der Waals surface area contributed by atoms with Crippen LogP contribution in [0.15, 0.2) is 18.2 Å². The van der Waals surface area contributed by atoms with Gasteiger partial charge in [0.1, 0.15) is 5.69 Å². The van der Waals surface area contributed by atoms with Gasteiger partial charge in [0.15, 0.2) is 0 Å². The van der Waals surface area contributed by atoms with E-state index in [1.54, 1.807) is 0 Å². The van der Waals surface area contributed by atoms with Crippen LogP contribution in [0.2, 0.25) is 0 Å². The molecule has 2 rings (SSSR count). The fraction of sp³-hybridized carbons (Fsp3) is 0.500. The maximum Gasteiger partial charge on any atom is 0.270 e. The molecule has 1 N–H and O–H groups in total. The topological polar surface area (TPSA) is 42.0 Å². The first kappa shape index (κ1) is 11.0. The molecule has 2 unspecified atom stereocenters. The number of hydrogen-bond acceptors (Lipinski definition) is 2. The molecular weight excluding hydrogens is 207 g/mol. The zero-order valence-corrected chi connectivity index (χ0v) is 9.24. The maximum atomic E-state index is 12.8. The van der Waals surface area contributed by atoms with Gasteiger partial charge in [-0.15, -0.1) is 0 Å². The summed E-state index contributed by atoms with van der Waals surface area (Å²) in [6.07, 6.45) is 3.28. The molecule has 1 aliphatic rings. The van der Waals surface area contributed by atoms with Crippen molar-refractivity contribution < 1.29 is 9.18 Å². The smallest absolute Gasteiger partial charge is 0.270 e. The molecule has 2 atom stereocenters. The van der Waals surface area contributed by atoms with Crippen molar-refractivity contribution in [2.24, 2.45) is 5.92 Å². The molecule has 4 heteroatoms. The first-order valence-corrected chi connectivity index (χ1v) is 5.60. The van der Waals surface area contributed by atoms with Crippen molar-refractivity contribution in [1.29, 1.82) is 0 Å². The average Bonchev–Trinajstić information content (AvgIpc) is 2.64. The third-order valence-corrected chi connectivity index (χ3v) is 3.13. The third kappa shape index (κ3) is 2.38. The second-order valence-corrected chi connectivity index (χ2v) is 4.33. The van der Waals surface area contributed by atoms with Gasteiger partial charge in [-0.05, 0) is 30.9 Å². The molecule has 1 aromatic rings. The van der Waals surface area contributed by atoms with Crippen molar-refractivity contribution in [3.8, 4) is 0 Å². The van der Waals surface area contributed by atoms with Crippen molar-refractivity contribution in [2.75, 3.05) is 0 Å². The molecular formula is C12H15FN2O. The van der Waals surface area contributed by atoms with Crippen molar-refractivity contribution in [3.05, 3.63) is 29.8 Å². The van der Waals surface area contributed by atoms with Crippen LogP contribution in [0.3, 0.4) is 0 Å². The van der Waals surface area contributed by atoms with Gasteiger partial charge in [-0.2, -0.15) is 4.39 Å². The van der Waals surface area contributed by atoms with Crippen LogP contribution in [0.5, 0.6) is 0 Å². The fourth-order valence-corrected chi connectivity index (χ4v) is 2.14. The molecule has 0 bridgehead atoms. The highest BCUT2D eigenvalue weighted by atomic mass is 19.1. The molecule has 1 heterocycles. The zero-order chi connectivity index (χ0) is 11.5. The lowest BCUT2D eigenvalue weighted by atomic mass is 10.1. The molecule has 1 aliphatic carbocycles. The molecule has 1 saturated carbocycles. The summed E-state index contributed by atoms with van der Waals surface area (Å²) in [6, 6.07) is 4.46. The number of aromatic nitrogens is 1. The monoisotopic (exact) mass is 222 g/mol. The summed E-state index contributed by atoms with van der Waals surface area (Å²) in [7, 11) is 0. The van der Waals surface area contributed by atoms with Crippen molar-refractivity contribution >= 4 is 5.91 Å². The number of nitrogens with one attached hydrogen (secondary N) is 1. The molecule has 0 spiro atoms. The lowest BCUT2D eigenvalue weighted by Crippen LogP contribution is -2.36. The normalized spacial score (nSPS) is 24.4. The predicted octanol–water partition coefficient (Wildman–Crippen LogP) is 2.14. The largest absolute Gasteiger partial charge is 0.348 e. The Morgan fingerprint density at radius 2 is 2.31 bits per heavy atom. The van der Waals surface area contributed by atoms with Gasteiger partial charge < -0.3 is 5.32 Å². The number of halogens is 1. The Morgan fingerprint density at radius 3 is 2.94 bits per heavy atom. The minimum Gasteiger partial charge on any atom is -0.348 e. The standard InChI is InChI=1S/C12H15FN2O/c1-8-4-2-5-9(8)15-12(16)10-6-3-7-11(13)14-10/h3,6-9H,2,4-5H2,1H3,(H,15,16). The van der Waals surface area contributed by atoms with E-state index < -0.39 is 5.95 Å². The second kappa shape index (κ2) is 4.60. The highest BCUT2D eigenvalue weighted by Crippen LogP contribution is 2.24. The molecule has 86 valence electrons. The van der Waals surface area contributed by atoms with Gasteiger partial charge in [-0.3, -0.25) is 4.79 Å². The molecule has 1 fully saturated rings.